The summed E-state index contributed by atoms with van der Waals surface area (Å²) in [5.41, 5.74) is 0. The number of esters is 1. The summed E-state index contributed by atoms with van der Waals surface area (Å²) in [7, 11) is 1.42. The van der Waals surface area contributed by atoms with Crippen LogP contribution in [0.1, 0.15) is 220 Å². The molecule has 0 heterocycles. The van der Waals surface area contributed by atoms with Gasteiger partial charge in [-0.15, -0.1) is 0 Å². The Labute approximate surface area is 454 Å². The van der Waals surface area contributed by atoms with Gasteiger partial charge >= 0.3 is 13.8 Å². The van der Waals surface area contributed by atoms with Gasteiger partial charge in [-0.05, 0) is 109 Å². The number of quaternary nitrogens is 1. The van der Waals surface area contributed by atoms with Crippen LogP contribution in [0.15, 0.2) is 122 Å². The Kier molecular flexibility index (Phi) is 50.3. The van der Waals surface area contributed by atoms with E-state index in [1.807, 2.05) is 45.4 Å². The van der Waals surface area contributed by atoms with Gasteiger partial charge in [-0.2, -0.15) is 0 Å². The van der Waals surface area contributed by atoms with E-state index in [0.717, 1.165) is 103 Å². The lowest BCUT2D eigenvalue weighted by atomic mass is 10.1. The first-order chi connectivity index (χ1) is 35.9. The second kappa shape index (κ2) is 52.8. The van der Waals surface area contributed by atoms with Crippen molar-refractivity contribution >= 4 is 19.7 Å². The molecule has 3 unspecified atom stereocenters. The fourth-order valence-electron chi connectivity index (χ4n) is 7.61. The molecule has 1 amide bonds. The van der Waals surface area contributed by atoms with Gasteiger partial charge < -0.3 is 19.4 Å². The van der Waals surface area contributed by atoms with Gasteiger partial charge in [0.1, 0.15) is 19.3 Å². The smallest absolute Gasteiger partial charge is 0.456 e. The van der Waals surface area contributed by atoms with E-state index >= 15 is 0 Å². The van der Waals surface area contributed by atoms with E-state index in [-0.39, 0.29) is 37.9 Å². The largest absolute Gasteiger partial charge is 0.472 e. The topological polar surface area (TPSA) is 111 Å². The lowest BCUT2D eigenvalue weighted by molar-refractivity contribution is -0.870. The molecule has 0 spiro atoms. The number of hydrogen-bond donors (Lipinski definition) is 2. The zero-order valence-corrected chi connectivity index (χ0v) is 48.9. The van der Waals surface area contributed by atoms with Crippen LogP contribution >= 0.6 is 7.82 Å². The standard InChI is InChI=1S/C64H109N2O7P/c1-7-10-13-16-19-22-25-27-29-31-32-33-34-35-37-39-42-45-48-51-54-57-64(68)73-62(55-52-49-46-43-40-24-21-18-15-12-9-3)61(60-72-74(69,70)71-59-58-66(4,5)6)65-63(67)56-53-50-47-44-41-38-36-30-28-26-23-20-17-14-11-8-2/h11,14,19-20,22-23,27-30,32-33,35,37-38,41,47,50,52,55,61-62H,7-10,12-13,15-18,21,24-26,31,34,36,39-40,42-46,48-49,51,53-54,56-60H2,1-6H3,(H-,65,67,69,70)/p+1/b14-11+,22-19-,23-20+,29-27-,30-28+,33-32-,37-35-,41-38+,50-47+,55-52+. The molecule has 0 aliphatic heterocycles. The minimum atomic E-state index is -4.48. The number of nitrogens with zero attached hydrogens (tertiary/aromatic N) is 1. The van der Waals surface area contributed by atoms with Crippen LogP contribution in [-0.2, 0) is 27.9 Å². The van der Waals surface area contributed by atoms with Crippen molar-refractivity contribution in [3.8, 4) is 0 Å². The fourth-order valence-corrected chi connectivity index (χ4v) is 8.35. The highest BCUT2D eigenvalue weighted by atomic mass is 31.2. The van der Waals surface area contributed by atoms with Gasteiger partial charge in [0, 0.05) is 12.8 Å². The summed E-state index contributed by atoms with van der Waals surface area (Å²) in [5.74, 6) is -0.633. The SMILES string of the molecule is CC/C=C/C/C=C/C/C=C/C/C=C/C/C=C/CCC(=O)NC(COP(=O)(O)OCC[N+](C)(C)C)C(/C=C/CCCCCCCCCCC)OC(=O)CCCCCCC/C=C\C/C=C\C/C=C\C/C=C\CCCCC. The number of hydrogen-bond acceptors (Lipinski definition) is 6. The summed E-state index contributed by atoms with van der Waals surface area (Å²) in [6.07, 6.45) is 73.6. The van der Waals surface area contributed by atoms with Crippen LogP contribution in [0.5, 0.6) is 0 Å². The number of carbonyl (C=O) groups excluding carboxylic acids is 2. The Morgan fingerprint density at radius 1 is 0.486 bits per heavy atom. The third-order valence-electron chi connectivity index (χ3n) is 12.1. The summed E-state index contributed by atoms with van der Waals surface area (Å²) < 4.78 is 30.5. The molecule has 0 aliphatic rings. The molecule has 3 atom stereocenters. The maximum Gasteiger partial charge on any atom is 0.472 e. The maximum atomic E-state index is 13.5. The highest BCUT2D eigenvalue weighted by molar-refractivity contribution is 7.47. The lowest BCUT2D eigenvalue weighted by Crippen LogP contribution is -2.47. The van der Waals surface area contributed by atoms with Crippen molar-refractivity contribution in [3.63, 3.8) is 0 Å². The molecule has 0 aliphatic carbocycles. The Balaban J connectivity index is 5.42. The monoisotopic (exact) mass is 1050 g/mol. The molecule has 0 fully saturated rings. The van der Waals surface area contributed by atoms with Crippen LogP contribution in [0, 0.1) is 0 Å². The molecule has 74 heavy (non-hydrogen) atoms. The molecule has 0 saturated heterocycles. The average Bonchev–Trinajstić information content (AvgIpc) is 3.36. The van der Waals surface area contributed by atoms with E-state index in [4.69, 9.17) is 13.8 Å². The molecule has 10 heteroatoms. The van der Waals surface area contributed by atoms with Crippen LogP contribution in [0.2, 0.25) is 0 Å². The molecule has 9 nitrogen and oxygen atoms in total. The second-order valence-corrected chi connectivity index (χ2v) is 21.9. The van der Waals surface area contributed by atoms with Crippen molar-refractivity contribution < 1.29 is 37.3 Å². The Bertz CT molecular complexity index is 1680. The van der Waals surface area contributed by atoms with Crippen molar-refractivity contribution in [1.29, 1.82) is 0 Å². The molecule has 0 saturated carbocycles. The Morgan fingerprint density at radius 3 is 1.35 bits per heavy atom. The van der Waals surface area contributed by atoms with Crippen molar-refractivity contribution in [1.82, 2.24) is 5.32 Å². The van der Waals surface area contributed by atoms with E-state index in [1.165, 1.54) is 70.6 Å². The van der Waals surface area contributed by atoms with E-state index in [1.54, 1.807) is 0 Å². The van der Waals surface area contributed by atoms with Gasteiger partial charge in [0.25, 0.3) is 0 Å². The third kappa shape index (κ3) is 53.2. The minimum Gasteiger partial charge on any atom is -0.456 e. The van der Waals surface area contributed by atoms with E-state index in [2.05, 4.69) is 123 Å². The van der Waals surface area contributed by atoms with Crippen LogP contribution in [0.3, 0.4) is 0 Å². The van der Waals surface area contributed by atoms with Gasteiger partial charge in [-0.1, -0.05) is 220 Å². The quantitative estimate of drug-likeness (QED) is 0.0205. The fraction of sp³-hybridized carbons (Fsp3) is 0.656. The number of phosphoric ester groups is 1. The summed E-state index contributed by atoms with van der Waals surface area (Å²) in [6.45, 7) is 6.76. The molecular weight excluding hydrogens is 940 g/mol. The molecule has 0 aromatic rings. The zero-order chi connectivity index (χ0) is 54.3. The first-order valence-corrected chi connectivity index (χ1v) is 30.9. The van der Waals surface area contributed by atoms with Crippen molar-refractivity contribution in [2.45, 2.75) is 232 Å². The van der Waals surface area contributed by atoms with Gasteiger partial charge in [0.05, 0.1) is 33.8 Å². The Hall–Kier alpha value is -3.59. The zero-order valence-electron chi connectivity index (χ0n) is 48.0. The molecule has 0 bridgehead atoms. The number of amides is 1. The van der Waals surface area contributed by atoms with Gasteiger partial charge in [-0.3, -0.25) is 18.6 Å². The second-order valence-electron chi connectivity index (χ2n) is 20.4. The molecule has 422 valence electrons. The van der Waals surface area contributed by atoms with Crippen molar-refractivity contribution in [2.24, 2.45) is 0 Å². The van der Waals surface area contributed by atoms with Crippen LogP contribution in [0.25, 0.3) is 0 Å². The molecule has 0 rings (SSSR count). The average molecular weight is 1050 g/mol. The number of rotatable bonds is 51. The van der Waals surface area contributed by atoms with Crippen LogP contribution < -0.4 is 5.32 Å². The minimum absolute atomic E-state index is 0.0170. The first kappa shape index (κ1) is 70.4. The highest BCUT2D eigenvalue weighted by Crippen LogP contribution is 2.43. The van der Waals surface area contributed by atoms with Gasteiger partial charge in [-0.25, -0.2) is 4.57 Å². The number of likely N-dealkylation sites (N-methyl/N-ethyl adjacent to an activating group) is 1. The summed E-state index contributed by atoms with van der Waals surface area (Å²) in [4.78, 5) is 37.6. The molecule has 0 radical (unpaired) electrons. The predicted octanol–water partition coefficient (Wildman–Crippen LogP) is 17.9. The summed E-state index contributed by atoms with van der Waals surface area (Å²) >= 11 is 0. The number of allylic oxidation sites excluding steroid dienone is 19. The predicted molar refractivity (Wildman–Crippen MR) is 318 cm³/mol. The number of phosphoric acid groups is 1. The van der Waals surface area contributed by atoms with E-state index in [9.17, 15) is 19.0 Å². The lowest BCUT2D eigenvalue weighted by Gasteiger charge is -2.27. The van der Waals surface area contributed by atoms with Crippen LogP contribution in [-0.4, -0.2) is 74.3 Å². The first-order valence-electron chi connectivity index (χ1n) is 29.4. The van der Waals surface area contributed by atoms with Crippen molar-refractivity contribution in [2.75, 3.05) is 40.9 Å². The van der Waals surface area contributed by atoms with E-state index < -0.39 is 20.0 Å². The molecule has 2 N–H and O–H groups in total. The van der Waals surface area contributed by atoms with E-state index in [0.29, 0.717) is 23.9 Å². The molecule has 0 aromatic carbocycles. The highest BCUT2D eigenvalue weighted by Gasteiger charge is 2.30. The number of ether oxygens (including phenoxy) is 1. The molecule has 0 aromatic heterocycles. The number of unbranched alkanes of at least 4 members (excludes halogenated alkanes) is 17. The number of carbonyl (C=O) groups is 2. The van der Waals surface area contributed by atoms with Gasteiger partial charge in [0.15, 0.2) is 0 Å². The van der Waals surface area contributed by atoms with Gasteiger partial charge in [0.2, 0.25) is 5.91 Å². The number of nitrogens with one attached hydrogen (secondary N) is 1. The summed E-state index contributed by atoms with van der Waals surface area (Å²) in [6, 6.07) is -0.903. The normalized spacial score (nSPS) is 14.6. The third-order valence-corrected chi connectivity index (χ3v) is 13.1. The Morgan fingerprint density at radius 2 is 0.878 bits per heavy atom. The summed E-state index contributed by atoms with van der Waals surface area (Å²) in [5, 5.41) is 2.99. The van der Waals surface area contributed by atoms with Crippen LogP contribution in [0.4, 0.5) is 0 Å². The molecular formula is C64H110N2O7P+. The van der Waals surface area contributed by atoms with Crippen molar-refractivity contribution in [3.05, 3.63) is 122 Å². The maximum absolute atomic E-state index is 13.5.